The zero-order valence-electron chi connectivity index (χ0n) is 10.3. The number of benzene rings is 1. The third kappa shape index (κ3) is 3.70. The molecule has 0 fully saturated rings. The highest BCUT2D eigenvalue weighted by Crippen LogP contribution is 2.14. The lowest BCUT2D eigenvalue weighted by atomic mass is 9.95. The number of hydrogen-bond acceptors (Lipinski definition) is 3. The van der Waals surface area contributed by atoms with Crippen LogP contribution in [0, 0.1) is 0 Å². The summed E-state index contributed by atoms with van der Waals surface area (Å²) in [5, 5.41) is 21.9. The predicted octanol–water partition coefficient (Wildman–Crippen LogP) is 1.59. The van der Waals surface area contributed by atoms with Crippen molar-refractivity contribution in [3.05, 3.63) is 34.9 Å². The minimum absolute atomic E-state index is 0.295. The van der Waals surface area contributed by atoms with Crippen molar-refractivity contribution in [1.29, 1.82) is 0 Å². The Morgan fingerprint density at radius 2 is 1.83 bits per heavy atom. The monoisotopic (exact) mass is 271 g/mol. The number of carbonyl (C=O) groups is 1. The molecule has 0 saturated heterocycles. The Morgan fingerprint density at radius 3 is 2.28 bits per heavy atom. The van der Waals surface area contributed by atoms with E-state index in [0.29, 0.717) is 17.0 Å². The van der Waals surface area contributed by atoms with Crippen LogP contribution in [-0.2, 0) is 0 Å². The number of carbonyl (C=O) groups excluding carboxylic acids is 1. The molecule has 0 aromatic heterocycles. The summed E-state index contributed by atoms with van der Waals surface area (Å²) in [5.74, 6) is -0.330. The normalized spacial score (nSPS) is 11.3. The molecule has 0 aliphatic carbocycles. The van der Waals surface area contributed by atoms with Gasteiger partial charge in [0, 0.05) is 10.6 Å². The molecule has 1 rings (SSSR count). The van der Waals surface area contributed by atoms with Gasteiger partial charge < -0.3 is 15.5 Å². The van der Waals surface area contributed by atoms with Crippen LogP contribution in [0.15, 0.2) is 24.3 Å². The van der Waals surface area contributed by atoms with E-state index in [1.165, 1.54) is 0 Å². The van der Waals surface area contributed by atoms with E-state index in [2.05, 4.69) is 5.32 Å². The smallest absolute Gasteiger partial charge is 0.251 e. The SMILES string of the molecule is CCCC(CO)(CO)NC(=O)c1ccc(Cl)cc1. The number of aliphatic hydroxyl groups excluding tert-OH is 2. The molecule has 100 valence electrons. The van der Waals surface area contributed by atoms with Crippen molar-refractivity contribution in [1.82, 2.24) is 5.32 Å². The molecule has 5 heteroatoms. The largest absolute Gasteiger partial charge is 0.394 e. The average molecular weight is 272 g/mol. The molecule has 0 bridgehead atoms. The van der Waals surface area contributed by atoms with E-state index in [1.54, 1.807) is 24.3 Å². The molecule has 18 heavy (non-hydrogen) atoms. The Kier molecular flexibility index (Phi) is 5.59. The van der Waals surface area contributed by atoms with Crippen molar-refractivity contribution in [2.24, 2.45) is 0 Å². The second-order valence-electron chi connectivity index (χ2n) is 4.31. The molecular formula is C13H18ClNO3. The van der Waals surface area contributed by atoms with Crippen LogP contribution >= 0.6 is 11.6 Å². The van der Waals surface area contributed by atoms with Gasteiger partial charge >= 0.3 is 0 Å². The van der Waals surface area contributed by atoms with Gasteiger partial charge in [-0.05, 0) is 30.7 Å². The molecule has 0 unspecified atom stereocenters. The summed E-state index contributed by atoms with van der Waals surface area (Å²) in [6.45, 7) is 1.34. The van der Waals surface area contributed by atoms with Gasteiger partial charge in [-0.3, -0.25) is 4.79 Å². The first-order chi connectivity index (χ1) is 8.56. The minimum atomic E-state index is -0.967. The van der Waals surface area contributed by atoms with Crippen molar-refractivity contribution >= 4 is 17.5 Å². The molecule has 1 amide bonds. The molecule has 0 saturated carbocycles. The van der Waals surface area contributed by atoms with Gasteiger partial charge in [-0.25, -0.2) is 0 Å². The third-order valence-electron chi connectivity index (χ3n) is 2.82. The molecule has 1 aromatic carbocycles. The van der Waals surface area contributed by atoms with Crippen LogP contribution in [0.3, 0.4) is 0 Å². The van der Waals surface area contributed by atoms with E-state index < -0.39 is 5.54 Å². The first kappa shape index (κ1) is 15.0. The van der Waals surface area contributed by atoms with Crippen LogP contribution in [0.5, 0.6) is 0 Å². The number of halogens is 1. The standard InChI is InChI=1S/C13H18ClNO3/c1-2-7-13(8-16,9-17)15-12(18)10-3-5-11(14)6-4-10/h3-6,16-17H,2,7-9H2,1H3,(H,15,18). The minimum Gasteiger partial charge on any atom is -0.394 e. The molecule has 0 spiro atoms. The van der Waals surface area contributed by atoms with Crippen molar-refractivity contribution in [3.63, 3.8) is 0 Å². The summed E-state index contributed by atoms with van der Waals surface area (Å²) in [6, 6.07) is 6.44. The van der Waals surface area contributed by atoms with Crippen molar-refractivity contribution in [2.75, 3.05) is 13.2 Å². The topological polar surface area (TPSA) is 69.6 Å². The highest BCUT2D eigenvalue weighted by molar-refractivity contribution is 6.30. The Morgan fingerprint density at radius 1 is 1.28 bits per heavy atom. The summed E-state index contributed by atoms with van der Waals surface area (Å²) in [4.78, 5) is 12.0. The highest BCUT2D eigenvalue weighted by atomic mass is 35.5. The molecule has 3 N–H and O–H groups in total. The second-order valence-corrected chi connectivity index (χ2v) is 4.74. The maximum atomic E-state index is 12.0. The zero-order valence-corrected chi connectivity index (χ0v) is 11.1. The Labute approximate surface area is 112 Å². The highest BCUT2D eigenvalue weighted by Gasteiger charge is 2.29. The van der Waals surface area contributed by atoms with Gasteiger partial charge in [0.1, 0.15) is 0 Å². The summed E-state index contributed by atoms with van der Waals surface area (Å²) in [6.07, 6.45) is 1.27. The van der Waals surface area contributed by atoms with Crippen LogP contribution in [0.1, 0.15) is 30.1 Å². The average Bonchev–Trinajstić information content (AvgIpc) is 2.38. The lowest BCUT2D eigenvalue weighted by Crippen LogP contribution is -2.54. The first-order valence-corrected chi connectivity index (χ1v) is 6.24. The Hall–Kier alpha value is -1.10. The summed E-state index contributed by atoms with van der Waals surface area (Å²) in [7, 11) is 0. The Bertz CT molecular complexity index is 388. The number of amides is 1. The van der Waals surface area contributed by atoms with Crippen LogP contribution in [-0.4, -0.2) is 34.9 Å². The predicted molar refractivity (Wildman–Crippen MR) is 70.7 cm³/mol. The van der Waals surface area contributed by atoms with Gasteiger partial charge in [-0.2, -0.15) is 0 Å². The van der Waals surface area contributed by atoms with Gasteiger partial charge in [-0.1, -0.05) is 24.9 Å². The molecular weight excluding hydrogens is 254 g/mol. The lowest BCUT2D eigenvalue weighted by Gasteiger charge is -2.30. The molecule has 0 heterocycles. The number of rotatable bonds is 6. The number of aliphatic hydroxyl groups is 2. The Balaban J connectivity index is 2.81. The molecule has 0 aliphatic heterocycles. The van der Waals surface area contributed by atoms with Crippen molar-refractivity contribution in [3.8, 4) is 0 Å². The molecule has 0 aliphatic rings. The van der Waals surface area contributed by atoms with Gasteiger partial charge in [0.05, 0.1) is 18.8 Å². The first-order valence-electron chi connectivity index (χ1n) is 5.86. The molecule has 4 nitrogen and oxygen atoms in total. The van der Waals surface area contributed by atoms with Crippen LogP contribution in [0.2, 0.25) is 5.02 Å². The molecule has 0 atom stereocenters. The lowest BCUT2D eigenvalue weighted by molar-refractivity contribution is 0.0632. The zero-order chi connectivity index (χ0) is 13.6. The number of hydrogen-bond donors (Lipinski definition) is 3. The fourth-order valence-corrected chi connectivity index (χ4v) is 1.87. The maximum Gasteiger partial charge on any atom is 0.251 e. The van der Waals surface area contributed by atoms with Crippen molar-refractivity contribution < 1.29 is 15.0 Å². The van der Waals surface area contributed by atoms with E-state index in [4.69, 9.17) is 11.6 Å². The van der Waals surface area contributed by atoms with Gasteiger partial charge in [0.2, 0.25) is 0 Å². The fraction of sp³-hybridized carbons (Fsp3) is 0.462. The maximum absolute atomic E-state index is 12.0. The third-order valence-corrected chi connectivity index (χ3v) is 3.07. The fourth-order valence-electron chi connectivity index (χ4n) is 1.74. The quantitative estimate of drug-likeness (QED) is 0.736. The van der Waals surface area contributed by atoms with E-state index in [1.807, 2.05) is 6.92 Å². The summed E-state index contributed by atoms with van der Waals surface area (Å²) in [5.41, 5.74) is -0.521. The van der Waals surface area contributed by atoms with Crippen LogP contribution in [0.25, 0.3) is 0 Å². The van der Waals surface area contributed by atoms with E-state index in [-0.39, 0.29) is 19.1 Å². The summed E-state index contributed by atoms with van der Waals surface area (Å²) >= 11 is 5.74. The van der Waals surface area contributed by atoms with E-state index in [9.17, 15) is 15.0 Å². The number of nitrogens with one attached hydrogen (secondary N) is 1. The van der Waals surface area contributed by atoms with Gasteiger partial charge in [-0.15, -0.1) is 0 Å². The van der Waals surface area contributed by atoms with Gasteiger partial charge in [0.15, 0.2) is 0 Å². The second kappa shape index (κ2) is 6.73. The van der Waals surface area contributed by atoms with Gasteiger partial charge in [0.25, 0.3) is 5.91 Å². The van der Waals surface area contributed by atoms with E-state index in [0.717, 1.165) is 6.42 Å². The van der Waals surface area contributed by atoms with Crippen LogP contribution < -0.4 is 5.32 Å². The molecule has 1 aromatic rings. The summed E-state index contributed by atoms with van der Waals surface area (Å²) < 4.78 is 0. The van der Waals surface area contributed by atoms with Crippen molar-refractivity contribution in [2.45, 2.75) is 25.3 Å². The van der Waals surface area contributed by atoms with E-state index >= 15 is 0 Å². The molecule has 0 radical (unpaired) electrons. The van der Waals surface area contributed by atoms with Crippen LogP contribution in [0.4, 0.5) is 0 Å².